The highest BCUT2D eigenvalue weighted by Crippen LogP contribution is 2.22. The molecule has 0 heterocycles. The Morgan fingerprint density at radius 1 is 1.33 bits per heavy atom. The van der Waals surface area contributed by atoms with Crippen molar-refractivity contribution in [3.63, 3.8) is 0 Å². The van der Waals surface area contributed by atoms with Crippen LogP contribution in [0.25, 0.3) is 0 Å². The third-order valence-electron chi connectivity index (χ3n) is 2.13. The molecule has 1 unspecified atom stereocenters. The molecular weight excluding hydrogens is 204 g/mol. The smallest absolute Gasteiger partial charge is 0.0305 e. The SMILES string of the molecule is C=S(C)(=O)c1cccc(CC(C)(C)C)c1. The molecule has 1 rings (SSSR count). The van der Waals surface area contributed by atoms with Crippen molar-refractivity contribution in [2.24, 2.45) is 5.41 Å². The van der Waals surface area contributed by atoms with E-state index in [4.69, 9.17) is 0 Å². The normalized spacial score (nSPS) is 16.0. The molecule has 0 fully saturated rings. The average molecular weight is 224 g/mol. The lowest BCUT2D eigenvalue weighted by molar-refractivity contribution is 0.411. The lowest BCUT2D eigenvalue weighted by Crippen LogP contribution is -2.09. The maximum Gasteiger partial charge on any atom is 0.0305 e. The summed E-state index contributed by atoms with van der Waals surface area (Å²) in [7, 11) is -2.08. The molecule has 0 saturated carbocycles. The van der Waals surface area contributed by atoms with Crippen LogP contribution in [0, 0.1) is 5.41 Å². The van der Waals surface area contributed by atoms with E-state index in [9.17, 15) is 4.21 Å². The molecule has 0 aliphatic carbocycles. The van der Waals surface area contributed by atoms with E-state index >= 15 is 0 Å². The minimum Gasteiger partial charge on any atom is -0.263 e. The highest BCUT2D eigenvalue weighted by Gasteiger charge is 2.12. The molecular formula is C13H20OS. The third-order valence-corrected chi connectivity index (χ3v) is 3.38. The minimum atomic E-state index is -2.08. The van der Waals surface area contributed by atoms with Crippen LogP contribution in [-0.4, -0.2) is 16.3 Å². The van der Waals surface area contributed by atoms with Gasteiger partial charge in [-0.2, -0.15) is 0 Å². The molecule has 0 bridgehead atoms. The summed E-state index contributed by atoms with van der Waals surface area (Å²) in [6.07, 6.45) is 2.68. The van der Waals surface area contributed by atoms with Crippen LogP contribution in [0.3, 0.4) is 0 Å². The minimum absolute atomic E-state index is 0.258. The van der Waals surface area contributed by atoms with Crippen molar-refractivity contribution in [1.29, 1.82) is 0 Å². The number of hydrogen-bond acceptors (Lipinski definition) is 1. The summed E-state index contributed by atoms with van der Waals surface area (Å²) in [5.74, 6) is 3.71. The van der Waals surface area contributed by atoms with Gasteiger partial charge >= 0.3 is 0 Å². The highest BCUT2D eigenvalue weighted by molar-refractivity contribution is 7.99. The maximum atomic E-state index is 11.8. The fourth-order valence-electron chi connectivity index (χ4n) is 1.54. The fraction of sp³-hybridized carbons (Fsp3) is 0.462. The lowest BCUT2D eigenvalue weighted by atomic mass is 9.88. The lowest BCUT2D eigenvalue weighted by Gasteiger charge is -2.18. The molecule has 1 aromatic carbocycles. The molecule has 1 nitrogen and oxygen atoms in total. The molecule has 15 heavy (non-hydrogen) atoms. The van der Waals surface area contributed by atoms with Gasteiger partial charge in [-0.15, -0.1) is 0 Å². The molecule has 0 aliphatic heterocycles. The first-order valence-electron chi connectivity index (χ1n) is 5.10. The molecule has 2 heteroatoms. The van der Waals surface area contributed by atoms with Gasteiger partial charge in [-0.1, -0.05) is 32.9 Å². The zero-order valence-corrected chi connectivity index (χ0v) is 10.9. The highest BCUT2D eigenvalue weighted by atomic mass is 32.2. The first-order valence-corrected chi connectivity index (χ1v) is 7.23. The second-order valence-electron chi connectivity index (χ2n) is 5.39. The first-order chi connectivity index (χ1) is 6.68. The monoisotopic (exact) mass is 224 g/mol. The van der Waals surface area contributed by atoms with Crippen molar-refractivity contribution in [3.05, 3.63) is 29.8 Å². The Labute approximate surface area is 93.5 Å². The maximum absolute atomic E-state index is 11.8. The van der Waals surface area contributed by atoms with Crippen LogP contribution in [-0.2, 0) is 15.9 Å². The predicted octanol–water partition coefficient (Wildman–Crippen LogP) is 2.98. The first kappa shape index (κ1) is 12.3. The Morgan fingerprint density at radius 3 is 2.40 bits per heavy atom. The van der Waals surface area contributed by atoms with E-state index in [0.717, 1.165) is 11.3 Å². The van der Waals surface area contributed by atoms with Crippen LogP contribution in [0.5, 0.6) is 0 Å². The van der Waals surface area contributed by atoms with E-state index in [1.54, 1.807) is 6.26 Å². The Morgan fingerprint density at radius 2 is 1.93 bits per heavy atom. The van der Waals surface area contributed by atoms with Crippen LogP contribution in [0.2, 0.25) is 0 Å². The average Bonchev–Trinajstić information content (AvgIpc) is 1.99. The van der Waals surface area contributed by atoms with Crippen LogP contribution in [0.1, 0.15) is 26.3 Å². The zero-order chi connectivity index (χ0) is 11.7. The van der Waals surface area contributed by atoms with Gasteiger partial charge in [0.15, 0.2) is 0 Å². The summed E-state index contributed by atoms with van der Waals surface area (Å²) in [6, 6.07) is 7.95. The molecule has 1 aromatic rings. The van der Waals surface area contributed by atoms with Crippen LogP contribution < -0.4 is 0 Å². The quantitative estimate of drug-likeness (QED) is 0.706. The van der Waals surface area contributed by atoms with Gasteiger partial charge in [0, 0.05) is 11.2 Å². The molecule has 1 atom stereocenters. The summed E-state index contributed by atoms with van der Waals surface area (Å²) in [5, 5.41) is 0. The number of rotatable bonds is 2. The summed E-state index contributed by atoms with van der Waals surface area (Å²) >= 11 is 0. The van der Waals surface area contributed by atoms with Crippen LogP contribution in [0.4, 0.5) is 0 Å². The standard InChI is InChI=1S/C13H20OS/c1-13(2,3)10-11-7-6-8-12(9-11)15(4,5)14/h6-9H,4,10H2,1-3,5H3. The molecule has 0 spiro atoms. The summed E-state index contributed by atoms with van der Waals surface area (Å²) < 4.78 is 11.8. The summed E-state index contributed by atoms with van der Waals surface area (Å²) in [4.78, 5) is 0.851. The van der Waals surface area contributed by atoms with Gasteiger partial charge in [0.1, 0.15) is 0 Å². The van der Waals surface area contributed by atoms with Crippen molar-refractivity contribution in [2.45, 2.75) is 32.1 Å². The number of hydrogen-bond donors (Lipinski definition) is 0. The van der Waals surface area contributed by atoms with Crippen molar-refractivity contribution in [1.82, 2.24) is 0 Å². The second kappa shape index (κ2) is 4.01. The van der Waals surface area contributed by atoms with Gasteiger partial charge < -0.3 is 0 Å². The number of benzene rings is 1. The Bertz CT molecular complexity index is 436. The zero-order valence-electron chi connectivity index (χ0n) is 10.0. The molecule has 0 N–H and O–H groups in total. The largest absolute Gasteiger partial charge is 0.263 e. The molecule has 84 valence electrons. The second-order valence-corrected chi connectivity index (χ2v) is 7.87. The van der Waals surface area contributed by atoms with Crippen LogP contribution >= 0.6 is 0 Å². The molecule has 0 saturated heterocycles. The van der Waals surface area contributed by atoms with Crippen molar-refractivity contribution < 1.29 is 4.21 Å². The van der Waals surface area contributed by atoms with E-state index in [0.29, 0.717) is 0 Å². The van der Waals surface area contributed by atoms with Crippen LogP contribution in [0.15, 0.2) is 29.2 Å². The van der Waals surface area contributed by atoms with Gasteiger partial charge in [0.05, 0.1) is 0 Å². The van der Waals surface area contributed by atoms with E-state index in [-0.39, 0.29) is 5.41 Å². The Balaban J connectivity index is 3.04. The Kier molecular flexibility index (Phi) is 3.29. The summed E-state index contributed by atoms with van der Waals surface area (Å²) in [5.41, 5.74) is 1.49. The van der Waals surface area contributed by atoms with E-state index < -0.39 is 9.52 Å². The molecule has 0 amide bonds. The van der Waals surface area contributed by atoms with Gasteiger partial charge in [0.2, 0.25) is 0 Å². The van der Waals surface area contributed by atoms with Gasteiger partial charge in [-0.25, -0.2) is 0 Å². The predicted molar refractivity (Wildman–Crippen MR) is 69.1 cm³/mol. The van der Waals surface area contributed by atoms with E-state index in [1.165, 1.54) is 5.56 Å². The van der Waals surface area contributed by atoms with Gasteiger partial charge in [-0.3, -0.25) is 4.21 Å². The molecule has 0 aromatic heterocycles. The Hall–Kier alpha value is -0.760. The summed E-state index contributed by atoms with van der Waals surface area (Å²) in [6.45, 7) is 6.60. The topological polar surface area (TPSA) is 17.1 Å². The van der Waals surface area contributed by atoms with Gasteiger partial charge in [0.25, 0.3) is 0 Å². The van der Waals surface area contributed by atoms with Crippen molar-refractivity contribution in [2.75, 3.05) is 6.26 Å². The van der Waals surface area contributed by atoms with Gasteiger partial charge in [-0.05, 0) is 44.9 Å². The van der Waals surface area contributed by atoms with Crippen molar-refractivity contribution >= 4 is 15.4 Å². The van der Waals surface area contributed by atoms with Crippen molar-refractivity contribution in [3.8, 4) is 0 Å². The molecule has 0 aliphatic rings. The fourth-order valence-corrected chi connectivity index (χ4v) is 2.30. The van der Waals surface area contributed by atoms with E-state index in [1.807, 2.05) is 18.2 Å². The third kappa shape index (κ3) is 4.08. The molecule has 0 radical (unpaired) electrons. The van der Waals surface area contributed by atoms with E-state index in [2.05, 4.69) is 32.7 Å².